The first kappa shape index (κ1) is 9.74. The molecule has 1 aromatic carbocycles. The van der Waals surface area contributed by atoms with Crippen LogP contribution in [0, 0.1) is 0 Å². The van der Waals surface area contributed by atoms with Crippen LogP contribution in [0.1, 0.15) is 11.6 Å². The fourth-order valence-electron chi connectivity index (χ4n) is 1.58. The SMILES string of the molecule is C=CCNC1COc2ccc(Br)cc21. The summed E-state index contributed by atoms with van der Waals surface area (Å²) in [5.74, 6) is 0.981. The number of halogens is 1. The van der Waals surface area contributed by atoms with E-state index in [1.54, 1.807) is 0 Å². The Kier molecular flexibility index (Phi) is 2.89. The molecular weight excluding hydrogens is 242 g/mol. The molecule has 74 valence electrons. The summed E-state index contributed by atoms with van der Waals surface area (Å²) in [5.41, 5.74) is 1.22. The molecule has 0 radical (unpaired) electrons. The maximum atomic E-state index is 5.55. The highest BCUT2D eigenvalue weighted by Crippen LogP contribution is 2.34. The zero-order chi connectivity index (χ0) is 9.97. The lowest BCUT2D eigenvalue weighted by Gasteiger charge is -2.09. The van der Waals surface area contributed by atoms with E-state index in [1.165, 1.54) is 5.56 Å². The molecule has 2 nitrogen and oxygen atoms in total. The van der Waals surface area contributed by atoms with Crippen LogP contribution in [0.3, 0.4) is 0 Å². The van der Waals surface area contributed by atoms with Crippen molar-refractivity contribution in [2.45, 2.75) is 6.04 Å². The summed E-state index contributed by atoms with van der Waals surface area (Å²) in [6, 6.07) is 6.38. The van der Waals surface area contributed by atoms with Gasteiger partial charge in [-0.25, -0.2) is 0 Å². The smallest absolute Gasteiger partial charge is 0.124 e. The third-order valence-electron chi connectivity index (χ3n) is 2.26. The summed E-state index contributed by atoms with van der Waals surface area (Å²) in [6.07, 6.45) is 1.86. The van der Waals surface area contributed by atoms with Crippen molar-refractivity contribution in [1.29, 1.82) is 0 Å². The van der Waals surface area contributed by atoms with Gasteiger partial charge in [0.1, 0.15) is 12.4 Å². The van der Waals surface area contributed by atoms with Crippen LogP contribution in [0.2, 0.25) is 0 Å². The van der Waals surface area contributed by atoms with Gasteiger partial charge in [-0.2, -0.15) is 0 Å². The lowest BCUT2D eigenvalue weighted by Crippen LogP contribution is -2.22. The second-order valence-electron chi connectivity index (χ2n) is 3.24. The maximum Gasteiger partial charge on any atom is 0.124 e. The molecule has 0 aromatic heterocycles. The Labute approximate surface area is 92.1 Å². The summed E-state index contributed by atoms with van der Waals surface area (Å²) >= 11 is 3.46. The number of hydrogen-bond acceptors (Lipinski definition) is 2. The maximum absolute atomic E-state index is 5.55. The summed E-state index contributed by atoms with van der Waals surface area (Å²) in [6.45, 7) is 5.20. The number of ether oxygens (including phenoxy) is 1. The molecule has 1 aromatic rings. The van der Waals surface area contributed by atoms with Crippen LogP contribution in [0.5, 0.6) is 5.75 Å². The molecule has 1 heterocycles. The Balaban J connectivity index is 2.19. The van der Waals surface area contributed by atoms with Gasteiger partial charge in [-0.15, -0.1) is 6.58 Å². The van der Waals surface area contributed by atoms with E-state index in [0.717, 1.165) is 16.8 Å². The molecule has 1 aliphatic rings. The van der Waals surface area contributed by atoms with Crippen LogP contribution in [0.15, 0.2) is 35.3 Å². The second-order valence-corrected chi connectivity index (χ2v) is 4.16. The van der Waals surface area contributed by atoms with Crippen LogP contribution in [0.25, 0.3) is 0 Å². The van der Waals surface area contributed by atoms with Crippen molar-refractivity contribution in [2.24, 2.45) is 0 Å². The van der Waals surface area contributed by atoms with Crippen LogP contribution < -0.4 is 10.1 Å². The zero-order valence-corrected chi connectivity index (χ0v) is 9.38. The van der Waals surface area contributed by atoms with E-state index in [0.29, 0.717) is 12.6 Å². The highest BCUT2D eigenvalue weighted by atomic mass is 79.9. The predicted octanol–water partition coefficient (Wildman–Crippen LogP) is 2.66. The highest BCUT2D eigenvalue weighted by molar-refractivity contribution is 9.10. The minimum atomic E-state index is 0.292. The molecule has 0 saturated carbocycles. The first-order chi connectivity index (χ1) is 6.81. The van der Waals surface area contributed by atoms with Gasteiger partial charge in [-0.1, -0.05) is 22.0 Å². The molecule has 14 heavy (non-hydrogen) atoms. The van der Waals surface area contributed by atoms with Crippen LogP contribution >= 0.6 is 15.9 Å². The van der Waals surface area contributed by atoms with Gasteiger partial charge < -0.3 is 10.1 Å². The number of benzene rings is 1. The van der Waals surface area contributed by atoms with Crippen molar-refractivity contribution in [3.63, 3.8) is 0 Å². The summed E-state index contributed by atoms with van der Waals surface area (Å²) in [4.78, 5) is 0. The Morgan fingerprint density at radius 2 is 2.50 bits per heavy atom. The van der Waals surface area contributed by atoms with Crippen LogP contribution in [-0.2, 0) is 0 Å². The van der Waals surface area contributed by atoms with Crippen molar-refractivity contribution in [3.05, 3.63) is 40.9 Å². The average Bonchev–Trinajstić information content (AvgIpc) is 2.57. The Morgan fingerprint density at radius 1 is 1.64 bits per heavy atom. The molecule has 1 N–H and O–H groups in total. The number of rotatable bonds is 3. The standard InChI is InChI=1S/C11H12BrNO/c1-2-5-13-10-7-14-11-4-3-8(12)6-9(10)11/h2-4,6,10,13H,1,5,7H2. The van der Waals surface area contributed by atoms with E-state index in [1.807, 2.05) is 18.2 Å². The van der Waals surface area contributed by atoms with Crippen molar-refractivity contribution in [3.8, 4) is 5.75 Å². The van der Waals surface area contributed by atoms with Gasteiger partial charge in [0.05, 0.1) is 6.04 Å². The molecule has 0 aliphatic carbocycles. The Morgan fingerprint density at radius 3 is 3.29 bits per heavy atom. The number of fused-ring (bicyclic) bond motifs is 1. The number of nitrogens with one attached hydrogen (secondary N) is 1. The molecule has 0 fully saturated rings. The molecule has 3 heteroatoms. The fraction of sp³-hybridized carbons (Fsp3) is 0.273. The molecule has 1 unspecified atom stereocenters. The van der Waals surface area contributed by atoms with Crippen molar-refractivity contribution >= 4 is 15.9 Å². The lowest BCUT2D eigenvalue weighted by molar-refractivity contribution is 0.315. The van der Waals surface area contributed by atoms with E-state index in [2.05, 4.69) is 33.9 Å². The normalized spacial score (nSPS) is 18.8. The summed E-state index contributed by atoms with van der Waals surface area (Å²) in [5, 5.41) is 3.35. The summed E-state index contributed by atoms with van der Waals surface area (Å²) < 4.78 is 6.64. The summed E-state index contributed by atoms with van der Waals surface area (Å²) in [7, 11) is 0. The minimum Gasteiger partial charge on any atom is -0.491 e. The fourth-order valence-corrected chi connectivity index (χ4v) is 1.96. The third-order valence-corrected chi connectivity index (χ3v) is 2.75. The van der Waals surface area contributed by atoms with E-state index in [-0.39, 0.29) is 0 Å². The molecule has 1 atom stereocenters. The molecular formula is C11H12BrNO. The molecule has 0 spiro atoms. The highest BCUT2D eigenvalue weighted by Gasteiger charge is 2.22. The predicted molar refractivity (Wildman–Crippen MR) is 60.6 cm³/mol. The van der Waals surface area contributed by atoms with Gasteiger partial charge in [-0.3, -0.25) is 0 Å². The van der Waals surface area contributed by atoms with Crippen molar-refractivity contribution in [2.75, 3.05) is 13.2 Å². The largest absolute Gasteiger partial charge is 0.491 e. The van der Waals surface area contributed by atoms with Gasteiger partial charge >= 0.3 is 0 Å². The topological polar surface area (TPSA) is 21.3 Å². The van der Waals surface area contributed by atoms with E-state index in [9.17, 15) is 0 Å². The molecule has 1 aliphatic heterocycles. The van der Waals surface area contributed by atoms with E-state index < -0.39 is 0 Å². The molecule has 0 saturated heterocycles. The van der Waals surface area contributed by atoms with Gasteiger partial charge in [0, 0.05) is 16.6 Å². The average molecular weight is 254 g/mol. The Hall–Kier alpha value is -0.800. The second kappa shape index (κ2) is 4.15. The van der Waals surface area contributed by atoms with Crippen LogP contribution in [0.4, 0.5) is 0 Å². The van der Waals surface area contributed by atoms with Gasteiger partial charge in [0.25, 0.3) is 0 Å². The number of hydrogen-bond donors (Lipinski definition) is 1. The quantitative estimate of drug-likeness (QED) is 0.837. The first-order valence-electron chi connectivity index (χ1n) is 4.58. The third kappa shape index (κ3) is 1.83. The lowest BCUT2D eigenvalue weighted by atomic mass is 10.1. The Bertz CT molecular complexity index is 351. The van der Waals surface area contributed by atoms with E-state index in [4.69, 9.17) is 4.74 Å². The molecule has 0 bridgehead atoms. The van der Waals surface area contributed by atoms with Crippen LogP contribution in [-0.4, -0.2) is 13.2 Å². The monoisotopic (exact) mass is 253 g/mol. The molecule has 0 amide bonds. The molecule has 2 rings (SSSR count). The van der Waals surface area contributed by atoms with Gasteiger partial charge in [-0.05, 0) is 18.2 Å². The van der Waals surface area contributed by atoms with Crippen molar-refractivity contribution in [1.82, 2.24) is 5.32 Å². The van der Waals surface area contributed by atoms with Crippen molar-refractivity contribution < 1.29 is 4.74 Å². The van der Waals surface area contributed by atoms with E-state index >= 15 is 0 Å². The minimum absolute atomic E-state index is 0.292. The zero-order valence-electron chi connectivity index (χ0n) is 7.79. The van der Waals surface area contributed by atoms with Gasteiger partial charge in [0.2, 0.25) is 0 Å². The first-order valence-corrected chi connectivity index (χ1v) is 5.37. The van der Waals surface area contributed by atoms with Gasteiger partial charge in [0.15, 0.2) is 0 Å².